The smallest absolute Gasteiger partial charge is 0.312 e. The number of hydrogen-bond acceptors (Lipinski definition) is 5. The van der Waals surface area contributed by atoms with Crippen molar-refractivity contribution in [3.05, 3.63) is 29.8 Å². The highest BCUT2D eigenvalue weighted by molar-refractivity contribution is 6.34. The maximum Gasteiger partial charge on any atom is 0.312 e. The minimum absolute atomic E-state index is 0.00881. The van der Waals surface area contributed by atoms with E-state index in [2.05, 4.69) is 0 Å². The summed E-state index contributed by atoms with van der Waals surface area (Å²) in [6, 6.07) is 2.95. The Bertz CT molecular complexity index is 929. The molecule has 1 aromatic rings. The lowest BCUT2D eigenvalue weighted by Crippen LogP contribution is -2.56. The van der Waals surface area contributed by atoms with Gasteiger partial charge in [0.1, 0.15) is 11.6 Å². The Hall–Kier alpha value is -3.08. The Labute approximate surface area is 183 Å². The van der Waals surface area contributed by atoms with Gasteiger partial charge in [0.15, 0.2) is 0 Å². The minimum Gasteiger partial charge on any atom is -0.378 e. The molecule has 172 valence electrons. The van der Waals surface area contributed by atoms with Crippen molar-refractivity contribution in [2.24, 2.45) is 5.92 Å². The molecule has 32 heavy (non-hydrogen) atoms. The maximum absolute atomic E-state index is 14.1. The van der Waals surface area contributed by atoms with Crippen LogP contribution in [0.5, 0.6) is 0 Å². The summed E-state index contributed by atoms with van der Waals surface area (Å²) >= 11 is 0. The Kier molecular flexibility index (Phi) is 6.35. The summed E-state index contributed by atoms with van der Waals surface area (Å²) in [5.41, 5.74) is -0.0521. The third kappa shape index (κ3) is 4.43. The third-order valence-electron chi connectivity index (χ3n) is 6.03. The van der Waals surface area contributed by atoms with Gasteiger partial charge in [-0.2, -0.15) is 0 Å². The number of piperazine rings is 1. The van der Waals surface area contributed by atoms with Crippen LogP contribution in [0.4, 0.5) is 14.5 Å². The summed E-state index contributed by atoms with van der Waals surface area (Å²) < 4.78 is 32.4. The zero-order chi connectivity index (χ0) is 22.8. The molecule has 3 heterocycles. The van der Waals surface area contributed by atoms with Crippen molar-refractivity contribution < 1.29 is 32.7 Å². The summed E-state index contributed by atoms with van der Waals surface area (Å²) in [7, 11) is 0. The number of ether oxygens (including phenoxy) is 1. The fourth-order valence-corrected chi connectivity index (χ4v) is 4.23. The molecular weight excluding hydrogens is 426 g/mol. The molecule has 4 amide bonds. The number of rotatable bonds is 2. The van der Waals surface area contributed by atoms with E-state index in [9.17, 15) is 28.0 Å². The molecule has 1 unspecified atom stereocenters. The van der Waals surface area contributed by atoms with E-state index < -0.39 is 35.3 Å². The SMILES string of the molecule is O=C(C(=O)N1CCN(C(=O)C2CC(=O)N(c3ccc(F)cc3F)C2)CC1)N1CCOCC1. The van der Waals surface area contributed by atoms with Gasteiger partial charge in [0.2, 0.25) is 11.8 Å². The zero-order valence-corrected chi connectivity index (χ0v) is 17.5. The fourth-order valence-electron chi connectivity index (χ4n) is 4.23. The number of benzene rings is 1. The molecule has 1 aromatic carbocycles. The molecule has 1 atom stereocenters. The largest absolute Gasteiger partial charge is 0.378 e. The van der Waals surface area contributed by atoms with Crippen LogP contribution in [-0.4, -0.2) is 97.4 Å². The van der Waals surface area contributed by atoms with Crippen LogP contribution in [0.2, 0.25) is 0 Å². The van der Waals surface area contributed by atoms with Gasteiger partial charge in [0.25, 0.3) is 0 Å². The Morgan fingerprint density at radius 3 is 2.09 bits per heavy atom. The van der Waals surface area contributed by atoms with Crippen molar-refractivity contribution in [3.63, 3.8) is 0 Å². The first kappa shape index (κ1) is 22.1. The van der Waals surface area contributed by atoms with E-state index >= 15 is 0 Å². The highest BCUT2D eigenvalue weighted by Gasteiger charge is 2.39. The number of morpholine rings is 1. The molecule has 0 radical (unpaired) electrons. The standard InChI is InChI=1S/C21H24F2N4O5/c22-15-1-2-17(16(23)12-15)27-13-14(11-18(27)28)19(29)24-3-5-25(6-4-24)20(30)21(31)26-7-9-32-10-8-26/h1-2,12,14H,3-11,13H2. The molecule has 3 aliphatic rings. The van der Waals surface area contributed by atoms with Gasteiger partial charge < -0.3 is 24.3 Å². The van der Waals surface area contributed by atoms with Crippen molar-refractivity contribution in [2.45, 2.75) is 6.42 Å². The predicted octanol–water partition coefficient (Wildman–Crippen LogP) is -0.153. The second-order valence-electron chi connectivity index (χ2n) is 8.02. The molecule has 9 nitrogen and oxygen atoms in total. The number of nitrogens with zero attached hydrogens (tertiary/aromatic N) is 4. The Balaban J connectivity index is 1.32. The quantitative estimate of drug-likeness (QED) is 0.585. The van der Waals surface area contributed by atoms with Crippen molar-refractivity contribution in [3.8, 4) is 0 Å². The second kappa shape index (κ2) is 9.19. The normalized spacial score (nSPS) is 21.8. The first-order chi connectivity index (χ1) is 15.3. The lowest BCUT2D eigenvalue weighted by molar-refractivity contribution is -0.156. The predicted molar refractivity (Wildman–Crippen MR) is 107 cm³/mol. The van der Waals surface area contributed by atoms with Gasteiger partial charge in [-0.05, 0) is 12.1 Å². The van der Waals surface area contributed by atoms with E-state index in [-0.39, 0.29) is 50.7 Å². The van der Waals surface area contributed by atoms with Crippen molar-refractivity contribution >= 4 is 29.3 Å². The molecule has 11 heteroatoms. The third-order valence-corrected chi connectivity index (χ3v) is 6.03. The average Bonchev–Trinajstić information content (AvgIpc) is 3.19. The number of carbonyl (C=O) groups is 4. The fraction of sp³-hybridized carbons (Fsp3) is 0.524. The highest BCUT2D eigenvalue weighted by atomic mass is 19.1. The maximum atomic E-state index is 14.1. The van der Waals surface area contributed by atoms with Gasteiger partial charge in [-0.1, -0.05) is 0 Å². The van der Waals surface area contributed by atoms with Gasteiger partial charge in [-0.25, -0.2) is 8.78 Å². The topological polar surface area (TPSA) is 90.5 Å². The average molecular weight is 450 g/mol. The van der Waals surface area contributed by atoms with Crippen LogP contribution in [0.25, 0.3) is 0 Å². The zero-order valence-electron chi connectivity index (χ0n) is 17.5. The summed E-state index contributed by atoms with van der Waals surface area (Å²) in [4.78, 5) is 55.8. The summed E-state index contributed by atoms with van der Waals surface area (Å²) in [5.74, 6) is -4.06. The molecule has 0 spiro atoms. The molecule has 3 aliphatic heterocycles. The lowest BCUT2D eigenvalue weighted by Gasteiger charge is -2.36. The summed E-state index contributed by atoms with van der Waals surface area (Å²) in [6.07, 6.45) is -0.0652. The van der Waals surface area contributed by atoms with E-state index in [4.69, 9.17) is 4.74 Å². The van der Waals surface area contributed by atoms with Crippen LogP contribution < -0.4 is 4.90 Å². The molecule has 0 aliphatic carbocycles. The lowest BCUT2D eigenvalue weighted by atomic mass is 10.1. The summed E-state index contributed by atoms with van der Waals surface area (Å²) in [6.45, 7) is 2.51. The number of anilines is 1. The number of hydrogen-bond donors (Lipinski definition) is 0. The van der Waals surface area contributed by atoms with Gasteiger partial charge in [-0.15, -0.1) is 0 Å². The van der Waals surface area contributed by atoms with Crippen molar-refractivity contribution in [2.75, 3.05) is 63.9 Å². The van der Waals surface area contributed by atoms with E-state index in [1.165, 1.54) is 15.9 Å². The first-order valence-electron chi connectivity index (χ1n) is 10.6. The number of carbonyl (C=O) groups excluding carboxylic acids is 4. The van der Waals surface area contributed by atoms with Gasteiger partial charge >= 0.3 is 11.8 Å². The number of amides is 4. The van der Waals surface area contributed by atoms with Gasteiger partial charge in [0, 0.05) is 58.3 Å². The van der Waals surface area contributed by atoms with Crippen LogP contribution in [-0.2, 0) is 23.9 Å². The van der Waals surface area contributed by atoms with Gasteiger partial charge in [-0.3, -0.25) is 19.2 Å². The highest BCUT2D eigenvalue weighted by Crippen LogP contribution is 2.29. The molecule has 0 saturated carbocycles. The van der Waals surface area contributed by atoms with Crippen LogP contribution in [0.3, 0.4) is 0 Å². The van der Waals surface area contributed by atoms with Crippen LogP contribution in [0.15, 0.2) is 18.2 Å². The first-order valence-corrected chi connectivity index (χ1v) is 10.6. The van der Waals surface area contributed by atoms with E-state index in [1.807, 2.05) is 0 Å². The number of halogens is 2. The Morgan fingerprint density at radius 1 is 0.875 bits per heavy atom. The minimum atomic E-state index is -0.858. The molecule has 3 saturated heterocycles. The van der Waals surface area contributed by atoms with Crippen molar-refractivity contribution in [1.82, 2.24) is 14.7 Å². The molecule has 0 N–H and O–H groups in total. The molecular formula is C21H24F2N4O5. The second-order valence-corrected chi connectivity index (χ2v) is 8.02. The van der Waals surface area contributed by atoms with Crippen molar-refractivity contribution in [1.29, 1.82) is 0 Å². The van der Waals surface area contributed by atoms with E-state index in [0.29, 0.717) is 32.4 Å². The van der Waals surface area contributed by atoms with Gasteiger partial charge in [0.05, 0.1) is 24.8 Å². The van der Waals surface area contributed by atoms with E-state index in [0.717, 1.165) is 11.0 Å². The molecule has 0 bridgehead atoms. The van der Waals surface area contributed by atoms with Crippen LogP contribution in [0, 0.1) is 17.6 Å². The summed E-state index contributed by atoms with van der Waals surface area (Å²) in [5, 5.41) is 0. The monoisotopic (exact) mass is 450 g/mol. The van der Waals surface area contributed by atoms with Crippen LogP contribution >= 0.6 is 0 Å². The Morgan fingerprint density at radius 2 is 1.47 bits per heavy atom. The molecule has 4 rings (SSSR count). The van der Waals surface area contributed by atoms with Crippen LogP contribution in [0.1, 0.15) is 6.42 Å². The molecule has 0 aromatic heterocycles. The van der Waals surface area contributed by atoms with E-state index in [1.54, 1.807) is 4.90 Å². The molecule has 3 fully saturated rings.